The molecule has 2 aromatic heterocycles. The van der Waals surface area contributed by atoms with Gasteiger partial charge in [-0.15, -0.1) is 0 Å². The van der Waals surface area contributed by atoms with Crippen molar-refractivity contribution >= 4 is 17.1 Å². The minimum absolute atomic E-state index is 0.144. The predicted octanol–water partition coefficient (Wildman–Crippen LogP) is 3.29. The second-order valence-electron chi connectivity index (χ2n) is 7.42. The SMILES string of the molecule is Cc1cc(C)cc(C(=O)N2CC[C@@H](Cc3nc4cccnc4n3C)C2)c1. The van der Waals surface area contributed by atoms with Crippen molar-refractivity contribution in [3.8, 4) is 0 Å². The van der Waals surface area contributed by atoms with Gasteiger partial charge in [0, 0.05) is 38.3 Å². The minimum Gasteiger partial charge on any atom is -0.338 e. The van der Waals surface area contributed by atoms with Crippen molar-refractivity contribution in [2.75, 3.05) is 13.1 Å². The Bertz CT molecular complexity index is 955. The average molecular weight is 348 g/mol. The lowest BCUT2D eigenvalue weighted by atomic mass is 10.0. The van der Waals surface area contributed by atoms with E-state index in [2.05, 4.69) is 15.6 Å². The van der Waals surface area contributed by atoms with Crippen LogP contribution < -0.4 is 0 Å². The summed E-state index contributed by atoms with van der Waals surface area (Å²) >= 11 is 0. The van der Waals surface area contributed by atoms with Gasteiger partial charge in [-0.25, -0.2) is 9.97 Å². The maximum Gasteiger partial charge on any atom is 0.253 e. The van der Waals surface area contributed by atoms with Crippen molar-refractivity contribution in [3.05, 3.63) is 59.0 Å². The number of hydrogen-bond donors (Lipinski definition) is 0. The number of fused-ring (bicyclic) bond motifs is 1. The Labute approximate surface area is 153 Å². The monoisotopic (exact) mass is 348 g/mol. The molecule has 1 aliphatic rings. The summed E-state index contributed by atoms with van der Waals surface area (Å²) in [5.74, 6) is 1.63. The third-order valence-electron chi connectivity index (χ3n) is 5.23. The highest BCUT2D eigenvalue weighted by Gasteiger charge is 2.28. The van der Waals surface area contributed by atoms with Crippen LogP contribution >= 0.6 is 0 Å². The standard InChI is InChI=1S/C21H24N4O/c1-14-9-15(2)11-17(10-14)21(26)25-8-6-16(13-25)12-19-23-18-5-4-7-22-20(18)24(19)3/h4-5,7,9-11,16H,6,8,12-13H2,1-3H3/t16-/m0/s1. The van der Waals surface area contributed by atoms with Gasteiger partial charge in [-0.1, -0.05) is 17.2 Å². The van der Waals surface area contributed by atoms with E-state index in [0.717, 1.165) is 59.6 Å². The number of aromatic nitrogens is 3. The third kappa shape index (κ3) is 3.09. The Morgan fingerprint density at radius 2 is 2.00 bits per heavy atom. The molecule has 26 heavy (non-hydrogen) atoms. The molecule has 0 radical (unpaired) electrons. The van der Waals surface area contributed by atoms with E-state index in [-0.39, 0.29) is 5.91 Å². The van der Waals surface area contributed by atoms with Crippen molar-refractivity contribution in [2.24, 2.45) is 13.0 Å². The Kier molecular flexibility index (Phi) is 4.23. The third-order valence-corrected chi connectivity index (χ3v) is 5.23. The van der Waals surface area contributed by atoms with Gasteiger partial charge in [0.2, 0.25) is 0 Å². The Hall–Kier alpha value is -2.69. The zero-order chi connectivity index (χ0) is 18.3. The van der Waals surface area contributed by atoms with E-state index >= 15 is 0 Å². The van der Waals surface area contributed by atoms with Gasteiger partial charge in [0.25, 0.3) is 5.91 Å². The largest absolute Gasteiger partial charge is 0.338 e. The van der Waals surface area contributed by atoms with Gasteiger partial charge in [-0.3, -0.25) is 4.79 Å². The lowest BCUT2D eigenvalue weighted by Crippen LogP contribution is -2.29. The molecule has 1 amide bonds. The van der Waals surface area contributed by atoms with Crippen molar-refractivity contribution < 1.29 is 4.79 Å². The highest BCUT2D eigenvalue weighted by Crippen LogP contribution is 2.24. The number of carbonyl (C=O) groups is 1. The molecule has 1 saturated heterocycles. The number of hydrogen-bond acceptors (Lipinski definition) is 3. The topological polar surface area (TPSA) is 51.0 Å². The summed E-state index contributed by atoms with van der Waals surface area (Å²) < 4.78 is 2.07. The molecule has 134 valence electrons. The predicted molar refractivity (Wildman–Crippen MR) is 102 cm³/mol. The first-order valence-electron chi connectivity index (χ1n) is 9.15. The van der Waals surface area contributed by atoms with Crippen LogP contribution in [-0.4, -0.2) is 38.4 Å². The molecular formula is C21H24N4O. The number of likely N-dealkylation sites (tertiary alicyclic amines) is 1. The van der Waals surface area contributed by atoms with E-state index in [1.54, 1.807) is 6.20 Å². The van der Waals surface area contributed by atoms with E-state index < -0.39 is 0 Å². The molecule has 0 unspecified atom stereocenters. The number of nitrogens with zero attached hydrogens (tertiary/aromatic N) is 4. The second kappa shape index (κ2) is 6.56. The Balaban J connectivity index is 1.48. The van der Waals surface area contributed by atoms with Gasteiger partial charge in [-0.05, 0) is 50.5 Å². The fourth-order valence-corrected chi connectivity index (χ4v) is 3.98. The van der Waals surface area contributed by atoms with Gasteiger partial charge in [-0.2, -0.15) is 0 Å². The maximum atomic E-state index is 12.9. The van der Waals surface area contributed by atoms with Gasteiger partial charge in [0.05, 0.1) is 0 Å². The fourth-order valence-electron chi connectivity index (χ4n) is 3.98. The number of aryl methyl sites for hydroxylation is 3. The van der Waals surface area contributed by atoms with Gasteiger partial charge < -0.3 is 9.47 Å². The number of imidazole rings is 1. The maximum absolute atomic E-state index is 12.9. The van der Waals surface area contributed by atoms with Crippen LogP contribution in [0.3, 0.4) is 0 Å². The van der Waals surface area contributed by atoms with Crippen molar-refractivity contribution in [1.29, 1.82) is 0 Å². The summed E-state index contributed by atoms with van der Waals surface area (Å²) in [5.41, 5.74) is 4.93. The summed E-state index contributed by atoms with van der Waals surface area (Å²) in [6, 6.07) is 9.98. The van der Waals surface area contributed by atoms with Crippen LogP contribution in [0.15, 0.2) is 36.5 Å². The second-order valence-corrected chi connectivity index (χ2v) is 7.42. The zero-order valence-corrected chi connectivity index (χ0v) is 15.6. The highest BCUT2D eigenvalue weighted by molar-refractivity contribution is 5.94. The fraction of sp³-hybridized carbons (Fsp3) is 0.381. The summed E-state index contributed by atoms with van der Waals surface area (Å²) in [5, 5.41) is 0. The zero-order valence-electron chi connectivity index (χ0n) is 15.6. The Morgan fingerprint density at radius 1 is 1.23 bits per heavy atom. The molecule has 3 aromatic rings. The first-order valence-corrected chi connectivity index (χ1v) is 9.15. The van der Waals surface area contributed by atoms with Crippen molar-refractivity contribution in [1.82, 2.24) is 19.4 Å². The highest BCUT2D eigenvalue weighted by atomic mass is 16.2. The molecule has 4 rings (SSSR count). The van der Waals surface area contributed by atoms with Crippen LogP contribution in [0, 0.1) is 19.8 Å². The molecule has 1 aliphatic heterocycles. The Morgan fingerprint density at radius 3 is 2.73 bits per heavy atom. The molecule has 0 bridgehead atoms. The molecular weight excluding hydrogens is 324 g/mol. The van der Waals surface area contributed by atoms with E-state index in [1.807, 2.05) is 50.1 Å². The lowest BCUT2D eigenvalue weighted by molar-refractivity contribution is 0.0786. The molecule has 5 nitrogen and oxygen atoms in total. The number of benzene rings is 1. The normalized spacial score (nSPS) is 17.2. The molecule has 0 spiro atoms. The van der Waals surface area contributed by atoms with Gasteiger partial charge in [0.1, 0.15) is 11.3 Å². The van der Waals surface area contributed by atoms with Gasteiger partial charge in [0.15, 0.2) is 5.65 Å². The van der Waals surface area contributed by atoms with Crippen LogP contribution in [0.1, 0.15) is 33.7 Å². The molecule has 1 aromatic carbocycles. The molecule has 0 aliphatic carbocycles. The van der Waals surface area contributed by atoms with Crippen LogP contribution in [0.2, 0.25) is 0 Å². The summed E-state index contributed by atoms with van der Waals surface area (Å²) in [7, 11) is 2.02. The van der Waals surface area contributed by atoms with Crippen LogP contribution in [0.5, 0.6) is 0 Å². The van der Waals surface area contributed by atoms with E-state index in [1.165, 1.54) is 0 Å². The van der Waals surface area contributed by atoms with E-state index in [4.69, 9.17) is 4.98 Å². The van der Waals surface area contributed by atoms with Crippen LogP contribution in [0.25, 0.3) is 11.2 Å². The van der Waals surface area contributed by atoms with E-state index in [9.17, 15) is 4.79 Å². The molecule has 0 N–H and O–H groups in total. The van der Waals surface area contributed by atoms with Gasteiger partial charge >= 0.3 is 0 Å². The minimum atomic E-state index is 0.144. The number of carbonyl (C=O) groups excluding carboxylic acids is 1. The molecule has 5 heteroatoms. The molecule has 0 saturated carbocycles. The summed E-state index contributed by atoms with van der Waals surface area (Å²) in [6.07, 6.45) is 3.70. The lowest BCUT2D eigenvalue weighted by Gasteiger charge is -2.17. The average Bonchev–Trinajstić information content (AvgIpc) is 3.19. The molecule has 3 heterocycles. The van der Waals surface area contributed by atoms with Crippen LogP contribution in [-0.2, 0) is 13.5 Å². The number of amides is 1. The molecule has 1 atom stereocenters. The van der Waals surface area contributed by atoms with E-state index in [0.29, 0.717) is 5.92 Å². The summed E-state index contributed by atoms with van der Waals surface area (Å²) in [4.78, 5) is 24.0. The quantitative estimate of drug-likeness (QED) is 0.730. The number of pyridine rings is 1. The number of rotatable bonds is 3. The van der Waals surface area contributed by atoms with Crippen molar-refractivity contribution in [2.45, 2.75) is 26.7 Å². The smallest absolute Gasteiger partial charge is 0.253 e. The first kappa shape index (κ1) is 16.8. The first-order chi connectivity index (χ1) is 12.5. The summed E-state index contributed by atoms with van der Waals surface area (Å²) in [6.45, 7) is 5.69. The van der Waals surface area contributed by atoms with Crippen molar-refractivity contribution in [3.63, 3.8) is 0 Å². The molecule has 1 fully saturated rings. The van der Waals surface area contributed by atoms with Crippen LogP contribution in [0.4, 0.5) is 0 Å².